The standard InChI is InChI=1S/C26H26N4O3/c1-25(2,3)24(31)22-21(16-10-11-19(32-4)20(12-16)33-5)26(14-27,15-28)23-18-9-7-6-8-17(18)13-29-30(22)23/h6-13,21-23H,1-5H3/t21-,22+,23+/m0/s1. The third-order valence-corrected chi connectivity index (χ3v) is 6.55. The maximum Gasteiger partial charge on any atom is 0.178 e. The number of benzene rings is 2. The largest absolute Gasteiger partial charge is 0.493 e. The van der Waals surface area contributed by atoms with Crippen LogP contribution in [0.2, 0.25) is 0 Å². The second-order valence-electron chi connectivity index (χ2n) is 9.40. The highest BCUT2D eigenvalue weighted by atomic mass is 16.5. The van der Waals surface area contributed by atoms with Gasteiger partial charge in [-0.1, -0.05) is 51.1 Å². The number of methoxy groups -OCH3 is 2. The van der Waals surface area contributed by atoms with Crippen LogP contribution in [0.15, 0.2) is 47.6 Å². The van der Waals surface area contributed by atoms with E-state index < -0.39 is 28.8 Å². The molecule has 168 valence electrons. The summed E-state index contributed by atoms with van der Waals surface area (Å²) in [5.41, 5.74) is 0.0329. The molecule has 2 aromatic rings. The number of nitriles is 2. The van der Waals surface area contributed by atoms with Gasteiger partial charge in [0.15, 0.2) is 22.7 Å². The summed E-state index contributed by atoms with van der Waals surface area (Å²) in [5.74, 6) is 0.151. The lowest BCUT2D eigenvalue weighted by Crippen LogP contribution is -2.43. The minimum absolute atomic E-state index is 0.0869. The van der Waals surface area contributed by atoms with Gasteiger partial charge in [0.1, 0.15) is 12.1 Å². The molecular formula is C26H26N4O3. The Labute approximate surface area is 193 Å². The van der Waals surface area contributed by atoms with Gasteiger partial charge in [-0.3, -0.25) is 9.80 Å². The minimum Gasteiger partial charge on any atom is -0.493 e. The number of hydrogen-bond donors (Lipinski definition) is 0. The molecule has 2 aromatic carbocycles. The van der Waals surface area contributed by atoms with E-state index >= 15 is 0 Å². The van der Waals surface area contributed by atoms with Gasteiger partial charge in [0.05, 0.1) is 32.6 Å². The van der Waals surface area contributed by atoms with Gasteiger partial charge in [-0.05, 0) is 28.8 Å². The summed E-state index contributed by atoms with van der Waals surface area (Å²) in [6.07, 6.45) is 1.70. The van der Waals surface area contributed by atoms with Gasteiger partial charge in [-0.25, -0.2) is 0 Å². The molecule has 0 saturated carbocycles. The maximum atomic E-state index is 13.8. The molecule has 4 rings (SSSR count). The van der Waals surface area contributed by atoms with Crippen LogP contribution in [-0.4, -0.2) is 37.3 Å². The molecule has 1 fully saturated rings. The van der Waals surface area contributed by atoms with Gasteiger partial charge >= 0.3 is 0 Å². The van der Waals surface area contributed by atoms with Crippen molar-refractivity contribution in [1.29, 1.82) is 10.5 Å². The van der Waals surface area contributed by atoms with Crippen molar-refractivity contribution in [2.45, 2.75) is 38.8 Å². The molecular weight excluding hydrogens is 416 g/mol. The predicted molar refractivity (Wildman–Crippen MR) is 123 cm³/mol. The molecule has 0 unspecified atom stereocenters. The van der Waals surface area contributed by atoms with Crippen molar-refractivity contribution in [1.82, 2.24) is 5.01 Å². The molecule has 0 aromatic heterocycles. The Kier molecular flexibility index (Phi) is 5.38. The number of fused-ring (bicyclic) bond motifs is 3. The van der Waals surface area contributed by atoms with Crippen LogP contribution in [0.25, 0.3) is 0 Å². The normalized spacial score (nSPS) is 22.5. The summed E-state index contributed by atoms with van der Waals surface area (Å²) in [6.45, 7) is 5.53. The summed E-state index contributed by atoms with van der Waals surface area (Å²) in [4.78, 5) is 13.8. The molecule has 7 heteroatoms. The molecule has 2 aliphatic rings. The van der Waals surface area contributed by atoms with Crippen LogP contribution in [0.1, 0.15) is 49.4 Å². The lowest BCUT2D eigenvalue weighted by atomic mass is 9.66. The number of hydrogen-bond acceptors (Lipinski definition) is 7. The first-order valence-electron chi connectivity index (χ1n) is 10.7. The molecule has 3 atom stereocenters. The molecule has 0 spiro atoms. The molecule has 0 N–H and O–H groups in total. The summed E-state index contributed by atoms with van der Waals surface area (Å²) >= 11 is 0. The minimum atomic E-state index is -1.56. The van der Waals surface area contributed by atoms with E-state index in [2.05, 4.69) is 17.2 Å². The fourth-order valence-electron chi connectivity index (χ4n) is 4.97. The molecule has 2 aliphatic heterocycles. The Hall–Kier alpha value is -3.84. The molecule has 33 heavy (non-hydrogen) atoms. The number of carbonyl (C=O) groups is 1. The number of carbonyl (C=O) groups excluding carboxylic acids is 1. The van der Waals surface area contributed by atoms with Crippen molar-refractivity contribution in [3.8, 4) is 23.6 Å². The van der Waals surface area contributed by atoms with E-state index in [-0.39, 0.29) is 5.78 Å². The lowest BCUT2D eigenvalue weighted by molar-refractivity contribution is -0.131. The highest BCUT2D eigenvalue weighted by molar-refractivity contribution is 5.92. The summed E-state index contributed by atoms with van der Waals surface area (Å²) in [6, 6.07) is 16.0. The molecule has 1 saturated heterocycles. The van der Waals surface area contributed by atoms with Crippen LogP contribution < -0.4 is 9.47 Å². The zero-order chi connectivity index (χ0) is 24.0. The van der Waals surface area contributed by atoms with Crippen LogP contribution >= 0.6 is 0 Å². The van der Waals surface area contributed by atoms with Gasteiger partial charge in [-0.2, -0.15) is 15.6 Å². The summed E-state index contributed by atoms with van der Waals surface area (Å²) < 4.78 is 10.9. The number of Topliss-reactive ketones (excluding diaryl/α,β-unsaturated/α-hetero) is 1. The van der Waals surface area contributed by atoms with E-state index in [1.807, 2.05) is 45.0 Å². The van der Waals surface area contributed by atoms with E-state index in [9.17, 15) is 15.3 Å². The van der Waals surface area contributed by atoms with Crippen molar-refractivity contribution in [2.24, 2.45) is 15.9 Å². The number of ether oxygens (including phenoxy) is 2. The van der Waals surface area contributed by atoms with Gasteiger partial charge in [0.25, 0.3) is 0 Å². The van der Waals surface area contributed by atoms with E-state index in [1.54, 1.807) is 36.5 Å². The Morgan fingerprint density at radius 1 is 1.06 bits per heavy atom. The first kappa shape index (κ1) is 22.4. The Balaban J connectivity index is 2.02. The Morgan fingerprint density at radius 2 is 1.73 bits per heavy atom. The van der Waals surface area contributed by atoms with Gasteiger partial charge in [-0.15, -0.1) is 0 Å². The van der Waals surface area contributed by atoms with Crippen LogP contribution in [0.4, 0.5) is 0 Å². The number of nitrogens with zero attached hydrogens (tertiary/aromatic N) is 4. The van der Waals surface area contributed by atoms with Crippen LogP contribution in [0, 0.1) is 33.5 Å². The van der Waals surface area contributed by atoms with E-state index in [1.165, 1.54) is 7.11 Å². The molecule has 0 radical (unpaired) electrons. The summed E-state index contributed by atoms with van der Waals surface area (Å²) in [7, 11) is 3.07. The fourth-order valence-corrected chi connectivity index (χ4v) is 4.97. The van der Waals surface area contributed by atoms with Gasteiger partial charge in [0, 0.05) is 11.3 Å². The third kappa shape index (κ3) is 3.24. The van der Waals surface area contributed by atoms with E-state index in [0.29, 0.717) is 17.1 Å². The topological polar surface area (TPSA) is 98.7 Å². The van der Waals surface area contributed by atoms with Crippen molar-refractivity contribution < 1.29 is 14.3 Å². The second kappa shape index (κ2) is 7.94. The van der Waals surface area contributed by atoms with Crippen molar-refractivity contribution in [3.05, 3.63) is 59.2 Å². The Bertz CT molecular complexity index is 1200. The third-order valence-electron chi connectivity index (χ3n) is 6.55. The van der Waals surface area contributed by atoms with Crippen molar-refractivity contribution >= 4 is 12.0 Å². The highest BCUT2D eigenvalue weighted by Gasteiger charge is 2.65. The van der Waals surface area contributed by atoms with Crippen LogP contribution in [0.3, 0.4) is 0 Å². The molecule has 0 amide bonds. The van der Waals surface area contributed by atoms with E-state index in [4.69, 9.17) is 9.47 Å². The quantitative estimate of drug-likeness (QED) is 0.703. The average Bonchev–Trinajstić information content (AvgIpc) is 3.13. The van der Waals surface area contributed by atoms with E-state index in [0.717, 1.165) is 11.1 Å². The lowest BCUT2D eigenvalue weighted by Gasteiger charge is -2.34. The zero-order valence-corrected chi connectivity index (χ0v) is 19.4. The van der Waals surface area contributed by atoms with Gasteiger partial charge < -0.3 is 9.47 Å². The maximum absolute atomic E-state index is 13.8. The van der Waals surface area contributed by atoms with Crippen molar-refractivity contribution in [2.75, 3.05) is 14.2 Å². The summed E-state index contributed by atoms with van der Waals surface area (Å²) in [5, 5.41) is 27.3. The average molecular weight is 443 g/mol. The van der Waals surface area contributed by atoms with Gasteiger partial charge in [0.2, 0.25) is 0 Å². The highest BCUT2D eigenvalue weighted by Crippen LogP contribution is 2.60. The second-order valence-corrected chi connectivity index (χ2v) is 9.40. The SMILES string of the molecule is COc1ccc([C@H]2[C@H](C(=O)C(C)(C)C)N3N=Cc4ccccc4[C@@H]3C2(C#N)C#N)cc1OC. The molecule has 2 heterocycles. The van der Waals surface area contributed by atoms with Crippen LogP contribution in [-0.2, 0) is 4.79 Å². The Morgan fingerprint density at radius 3 is 2.33 bits per heavy atom. The smallest absolute Gasteiger partial charge is 0.178 e. The van der Waals surface area contributed by atoms with Crippen LogP contribution in [0.5, 0.6) is 11.5 Å². The fraction of sp³-hybridized carbons (Fsp3) is 0.385. The number of hydrazone groups is 1. The predicted octanol–water partition coefficient (Wildman–Crippen LogP) is 4.21. The molecule has 7 nitrogen and oxygen atoms in total. The first-order valence-corrected chi connectivity index (χ1v) is 10.7. The zero-order valence-electron chi connectivity index (χ0n) is 19.4. The van der Waals surface area contributed by atoms with Crippen molar-refractivity contribution in [3.63, 3.8) is 0 Å². The number of rotatable bonds is 4. The molecule has 0 aliphatic carbocycles. The monoisotopic (exact) mass is 442 g/mol. The first-order chi connectivity index (χ1) is 15.7. The molecule has 0 bridgehead atoms. The number of ketones is 1.